The lowest BCUT2D eigenvalue weighted by atomic mass is 10.0. The topological polar surface area (TPSA) is 78.6 Å². The van der Waals surface area contributed by atoms with E-state index in [2.05, 4.69) is 10.2 Å². The van der Waals surface area contributed by atoms with Gasteiger partial charge in [0.15, 0.2) is 0 Å². The highest BCUT2D eigenvalue weighted by atomic mass is 35.5. The van der Waals surface area contributed by atoms with Crippen molar-refractivity contribution in [2.45, 2.75) is 12.5 Å². The Morgan fingerprint density at radius 2 is 2.10 bits per heavy atom. The molecule has 0 aromatic heterocycles. The molecule has 1 aromatic rings. The number of nitrogens with zero attached hydrogens (tertiary/aromatic N) is 2. The van der Waals surface area contributed by atoms with Crippen LogP contribution in [-0.4, -0.2) is 47.7 Å². The molecule has 1 fully saturated rings. The SMILES string of the molecule is Cl.O=[N+]([O-])c1cc([C@@H](CCO)N2CCNCC2)ccc1Cl. The second-order valence-electron chi connectivity index (χ2n) is 4.78. The summed E-state index contributed by atoms with van der Waals surface area (Å²) in [6, 6.07) is 4.86. The van der Waals surface area contributed by atoms with E-state index in [4.69, 9.17) is 11.6 Å². The maximum Gasteiger partial charge on any atom is 0.288 e. The Morgan fingerprint density at radius 1 is 1.43 bits per heavy atom. The van der Waals surface area contributed by atoms with Crippen molar-refractivity contribution < 1.29 is 10.0 Å². The molecular formula is C13H19Cl2N3O3. The Morgan fingerprint density at radius 3 is 2.67 bits per heavy atom. The number of piperazine rings is 1. The average molecular weight is 336 g/mol. The van der Waals surface area contributed by atoms with Crippen molar-refractivity contribution in [1.29, 1.82) is 0 Å². The van der Waals surface area contributed by atoms with Gasteiger partial charge in [-0.1, -0.05) is 17.7 Å². The molecule has 2 N–H and O–H groups in total. The minimum absolute atomic E-state index is 0. The molecule has 118 valence electrons. The highest BCUT2D eigenvalue weighted by Gasteiger charge is 2.24. The van der Waals surface area contributed by atoms with Gasteiger partial charge in [0.2, 0.25) is 0 Å². The highest BCUT2D eigenvalue weighted by Crippen LogP contribution is 2.31. The molecule has 1 aliphatic rings. The fourth-order valence-electron chi connectivity index (χ4n) is 2.55. The Kier molecular flexibility index (Phi) is 7.34. The molecule has 8 heteroatoms. The van der Waals surface area contributed by atoms with Crippen molar-refractivity contribution in [3.63, 3.8) is 0 Å². The second kappa shape index (κ2) is 8.51. The van der Waals surface area contributed by atoms with Crippen LogP contribution >= 0.6 is 24.0 Å². The van der Waals surface area contributed by atoms with Crippen LogP contribution in [0.1, 0.15) is 18.0 Å². The predicted octanol–water partition coefficient (Wildman–Crippen LogP) is 2.00. The first kappa shape index (κ1) is 18.1. The van der Waals surface area contributed by atoms with E-state index in [9.17, 15) is 15.2 Å². The van der Waals surface area contributed by atoms with E-state index in [0.717, 1.165) is 31.7 Å². The minimum Gasteiger partial charge on any atom is -0.396 e. The standard InChI is InChI=1S/C13H18ClN3O3.ClH/c14-11-2-1-10(9-13(11)17(19)20)12(3-8-18)16-6-4-15-5-7-16;/h1-2,9,12,15,18H,3-8H2;1H/t12-;/m1./s1. The lowest BCUT2D eigenvalue weighted by molar-refractivity contribution is -0.384. The third-order valence-corrected chi connectivity index (χ3v) is 3.87. The predicted molar refractivity (Wildman–Crippen MR) is 84.2 cm³/mol. The zero-order valence-electron chi connectivity index (χ0n) is 11.5. The number of nitrogens with one attached hydrogen (secondary N) is 1. The first-order valence-corrected chi connectivity index (χ1v) is 7.00. The molecule has 0 bridgehead atoms. The number of rotatable bonds is 5. The van der Waals surface area contributed by atoms with Crippen LogP contribution in [0.2, 0.25) is 5.02 Å². The van der Waals surface area contributed by atoms with Crippen LogP contribution in [0, 0.1) is 10.1 Å². The van der Waals surface area contributed by atoms with Gasteiger partial charge in [-0.25, -0.2) is 0 Å². The summed E-state index contributed by atoms with van der Waals surface area (Å²) in [6.07, 6.45) is 0.554. The number of halogens is 2. The third kappa shape index (κ3) is 4.52. The van der Waals surface area contributed by atoms with Crippen molar-refractivity contribution in [2.24, 2.45) is 0 Å². The third-order valence-electron chi connectivity index (χ3n) is 3.55. The molecule has 6 nitrogen and oxygen atoms in total. The molecule has 0 radical (unpaired) electrons. The van der Waals surface area contributed by atoms with Gasteiger partial charge in [-0.15, -0.1) is 12.4 Å². The number of nitro benzene ring substituents is 1. The number of aliphatic hydroxyl groups is 1. The number of benzene rings is 1. The van der Waals surface area contributed by atoms with Crippen molar-refractivity contribution in [3.05, 3.63) is 38.9 Å². The van der Waals surface area contributed by atoms with Crippen LogP contribution in [0.4, 0.5) is 5.69 Å². The molecule has 1 aromatic carbocycles. The van der Waals surface area contributed by atoms with Crippen LogP contribution in [0.15, 0.2) is 18.2 Å². The summed E-state index contributed by atoms with van der Waals surface area (Å²) in [5.74, 6) is 0. The van der Waals surface area contributed by atoms with Crippen LogP contribution in [0.3, 0.4) is 0 Å². The van der Waals surface area contributed by atoms with Crippen molar-refractivity contribution in [1.82, 2.24) is 10.2 Å². The van der Waals surface area contributed by atoms with Gasteiger partial charge < -0.3 is 10.4 Å². The number of hydrogen-bond donors (Lipinski definition) is 2. The first-order valence-electron chi connectivity index (χ1n) is 6.63. The molecule has 21 heavy (non-hydrogen) atoms. The van der Waals surface area contributed by atoms with Crippen molar-refractivity contribution >= 4 is 29.7 Å². The van der Waals surface area contributed by atoms with E-state index in [1.54, 1.807) is 12.1 Å². The summed E-state index contributed by atoms with van der Waals surface area (Å²) in [7, 11) is 0. The summed E-state index contributed by atoms with van der Waals surface area (Å²) in [4.78, 5) is 12.7. The van der Waals surface area contributed by atoms with Crippen LogP contribution < -0.4 is 5.32 Å². The van der Waals surface area contributed by atoms with Crippen molar-refractivity contribution in [3.8, 4) is 0 Å². The number of hydrogen-bond acceptors (Lipinski definition) is 5. The quantitative estimate of drug-likeness (QED) is 0.635. The molecule has 0 spiro atoms. The smallest absolute Gasteiger partial charge is 0.288 e. The molecular weight excluding hydrogens is 317 g/mol. The summed E-state index contributed by atoms with van der Waals surface area (Å²) in [6.45, 7) is 3.54. The average Bonchev–Trinajstić information content (AvgIpc) is 2.46. The number of aliphatic hydroxyl groups excluding tert-OH is 1. The zero-order valence-corrected chi connectivity index (χ0v) is 13.1. The van der Waals surface area contributed by atoms with Gasteiger partial charge in [-0.05, 0) is 18.1 Å². The molecule has 0 aliphatic carbocycles. The fraction of sp³-hybridized carbons (Fsp3) is 0.538. The Balaban J connectivity index is 0.00000220. The Hall–Kier alpha value is -0.920. The largest absolute Gasteiger partial charge is 0.396 e. The van der Waals surface area contributed by atoms with Gasteiger partial charge >= 0.3 is 0 Å². The Bertz CT molecular complexity index is 482. The maximum atomic E-state index is 11.0. The minimum atomic E-state index is -0.473. The highest BCUT2D eigenvalue weighted by molar-refractivity contribution is 6.32. The lowest BCUT2D eigenvalue weighted by Crippen LogP contribution is -2.45. The number of nitro groups is 1. The normalized spacial score (nSPS) is 17.0. The van der Waals surface area contributed by atoms with Gasteiger partial charge in [0.25, 0.3) is 5.69 Å². The maximum absolute atomic E-state index is 11.0. The van der Waals surface area contributed by atoms with Gasteiger partial charge in [0.1, 0.15) is 5.02 Å². The summed E-state index contributed by atoms with van der Waals surface area (Å²) in [5.41, 5.74) is 0.749. The Labute approximate surface area is 134 Å². The fourth-order valence-corrected chi connectivity index (χ4v) is 2.74. The summed E-state index contributed by atoms with van der Waals surface area (Å²) >= 11 is 5.84. The molecule has 1 saturated heterocycles. The molecule has 2 rings (SSSR count). The molecule has 0 amide bonds. The van der Waals surface area contributed by atoms with E-state index in [0.29, 0.717) is 6.42 Å². The molecule has 1 aliphatic heterocycles. The van der Waals surface area contributed by atoms with Gasteiger partial charge in [-0.3, -0.25) is 15.0 Å². The summed E-state index contributed by atoms with van der Waals surface area (Å²) < 4.78 is 0. The van der Waals surface area contributed by atoms with Crippen molar-refractivity contribution in [2.75, 3.05) is 32.8 Å². The lowest BCUT2D eigenvalue weighted by Gasteiger charge is -2.35. The summed E-state index contributed by atoms with van der Waals surface area (Å²) in [5, 5.41) is 23.6. The van der Waals surface area contributed by atoms with Crippen LogP contribution in [-0.2, 0) is 0 Å². The van der Waals surface area contributed by atoms with Gasteiger partial charge in [0.05, 0.1) is 4.92 Å². The molecule has 1 atom stereocenters. The molecule has 0 saturated carbocycles. The zero-order chi connectivity index (χ0) is 14.5. The van der Waals surface area contributed by atoms with E-state index in [1.165, 1.54) is 6.07 Å². The van der Waals surface area contributed by atoms with E-state index < -0.39 is 4.92 Å². The van der Waals surface area contributed by atoms with E-state index >= 15 is 0 Å². The monoisotopic (exact) mass is 335 g/mol. The second-order valence-corrected chi connectivity index (χ2v) is 5.19. The van der Waals surface area contributed by atoms with Gasteiger partial charge in [-0.2, -0.15) is 0 Å². The van der Waals surface area contributed by atoms with E-state index in [-0.39, 0.29) is 35.8 Å². The molecule has 1 heterocycles. The molecule has 0 unspecified atom stereocenters. The van der Waals surface area contributed by atoms with Crippen LogP contribution in [0.25, 0.3) is 0 Å². The van der Waals surface area contributed by atoms with E-state index in [1.807, 2.05) is 0 Å². The van der Waals surface area contributed by atoms with Crippen LogP contribution in [0.5, 0.6) is 0 Å². The van der Waals surface area contributed by atoms with Gasteiger partial charge in [0, 0.05) is 44.9 Å². The first-order chi connectivity index (χ1) is 9.63.